The maximum absolute atomic E-state index is 13.3. The number of hydrogen-bond acceptors (Lipinski definition) is 9. The minimum Gasteiger partial charge on any atom is -0.493 e. The molecule has 1 aliphatic rings. The SMILES string of the molecule is COCC(=O)N1CCN(c2cc(C)nc(-n3ccnc3)n2)C(CC(=O)NC(C)c2ccc(OC)c(OC)c2)C1. The van der Waals surface area contributed by atoms with Gasteiger partial charge in [0.2, 0.25) is 17.8 Å². The van der Waals surface area contributed by atoms with Crippen LogP contribution < -0.4 is 19.7 Å². The molecule has 3 aromatic rings. The zero-order chi connectivity index (χ0) is 27.9. The van der Waals surface area contributed by atoms with Crippen LogP contribution in [0.15, 0.2) is 43.0 Å². The van der Waals surface area contributed by atoms with Crippen molar-refractivity contribution < 1.29 is 23.8 Å². The van der Waals surface area contributed by atoms with Crippen molar-refractivity contribution in [3.05, 3.63) is 54.2 Å². The molecule has 1 fully saturated rings. The van der Waals surface area contributed by atoms with Crippen molar-refractivity contribution in [1.82, 2.24) is 29.7 Å². The number of methoxy groups -OCH3 is 3. The Morgan fingerprint density at radius 2 is 1.90 bits per heavy atom. The summed E-state index contributed by atoms with van der Waals surface area (Å²) in [6, 6.07) is 6.88. The number of hydrogen-bond donors (Lipinski definition) is 1. The highest BCUT2D eigenvalue weighted by Crippen LogP contribution is 2.30. The molecule has 0 aliphatic carbocycles. The summed E-state index contributed by atoms with van der Waals surface area (Å²) in [5.41, 5.74) is 1.67. The van der Waals surface area contributed by atoms with Crippen molar-refractivity contribution in [2.75, 3.05) is 52.5 Å². The van der Waals surface area contributed by atoms with Crippen LogP contribution in [-0.4, -0.2) is 89.8 Å². The minimum absolute atomic E-state index is 0.00730. The molecule has 39 heavy (non-hydrogen) atoms. The smallest absolute Gasteiger partial charge is 0.248 e. The molecular formula is C27H35N7O5. The fourth-order valence-electron chi connectivity index (χ4n) is 4.67. The molecule has 2 atom stereocenters. The molecule has 2 aromatic heterocycles. The molecule has 208 valence electrons. The predicted octanol–water partition coefficient (Wildman–Crippen LogP) is 1.92. The number of carbonyl (C=O) groups is 2. The van der Waals surface area contributed by atoms with E-state index in [0.29, 0.717) is 42.9 Å². The summed E-state index contributed by atoms with van der Waals surface area (Å²) >= 11 is 0. The second-order valence-electron chi connectivity index (χ2n) is 9.37. The number of carbonyl (C=O) groups excluding carboxylic acids is 2. The predicted molar refractivity (Wildman–Crippen MR) is 144 cm³/mol. The molecular weight excluding hydrogens is 502 g/mol. The first-order chi connectivity index (χ1) is 18.8. The Bertz CT molecular complexity index is 1280. The summed E-state index contributed by atoms with van der Waals surface area (Å²) in [7, 11) is 4.65. The van der Waals surface area contributed by atoms with Gasteiger partial charge in [-0.05, 0) is 31.5 Å². The Kier molecular flexibility index (Phi) is 8.97. The third-order valence-electron chi connectivity index (χ3n) is 6.67. The first-order valence-electron chi connectivity index (χ1n) is 12.7. The zero-order valence-electron chi connectivity index (χ0n) is 23.0. The van der Waals surface area contributed by atoms with Gasteiger partial charge in [0.05, 0.1) is 26.3 Å². The summed E-state index contributed by atoms with van der Waals surface area (Å²) in [5.74, 6) is 2.14. The number of aryl methyl sites for hydroxylation is 1. The van der Waals surface area contributed by atoms with Crippen molar-refractivity contribution in [2.24, 2.45) is 0 Å². The molecule has 0 radical (unpaired) electrons. The Labute approximate surface area is 227 Å². The van der Waals surface area contributed by atoms with Gasteiger partial charge in [-0.1, -0.05) is 6.07 Å². The number of aromatic nitrogens is 4. The van der Waals surface area contributed by atoms with Crippen molar-refractivity contribution in [3.8, 4) is 17.4 Å². The Morgan fingerprint density at radius 1 is 1.10 bits per heavy atom. The Hall–Kier alpha value is -4.19. The lowest BCUT2D eigenvalue weighted by atomic mass is 10.0. The maximum Gasteiger partial charge on any atom is 0.248 e. The minimum atomic E-state index is -0.304. The van der Waals surface area contributed by atoms with Gasteiger partial charge in [-0.3, -0.25) is 14.2 Å². The quantitative estimate of drug-likeness (QED) is 0.413. The van der Waals surface area contributed by atoms with Gasteiger partial charge in [-0.15, -0.1) is 0 Å². The topological polar surface area (TPSA) is 124 Å². The van der Waals surface area contributed by atoms with Crippen LogP contribution in [0, 0.1) is 6.92 Å². The van der Waals surface area contributed by atoms with Crippen LogP contribution in [0.4, 0.5) is 5.82 Å². The van der Waals surface area contributed by atoms with E-state index in [1.165, 1.54) is 7.11 Å². The second-order valence-corrected chi connectivity index (χ2v) is 9.37. The highest BCUT2D eigenvalue weighted by Gasteiger charge is 2.32. The van der Waals surface area contributed by atoms with Gasteiger partial charge in [0.1, 0.15) is 18.8 Å². The van der Waals surface area contributed by atoms with E-state index in [1.54, 1.807) is 42.4 Å². The van der Waals surface area contributed by atoms with E-state index in [1.807, 2.05) is 38.1 Å². The van der Waals surface area contributed by atoms with Gasteiger partial charge in [-0.25, -0.2) is 9.97 Å². The third kappa shape index (κ3) is 6.63. The fraction of sp³-hybridized carbons (Fsp3) is 0.444. The second kappa shape index (κ2) is 12.6. The van der Waals surface area contributed by atoms with Gasteiger partial charge < -0.3 is 29.3 Å². The largest absolute Gasteiger partial charge is 0.493 e. The third-order valence-corrected chi connectivity index (χ3v) is 6.67. The normalized spacial score (nSPS) is 16.1. The van der Waals surface area contributed by atoms with Crippen molar-refractivity contribution in [3.63, 3.8) is 0 Å². The molecule has 0 bridgehead atoms. The van der Waals surface area contributed by atoms with E-state index in [9.17, 15) is 9.59 Å². The van der Waals surface area contributed by atoms with Crippen LogP contribution >= 0.6 is 0 Å². The number of amides is 2. The summed E-state index contributed by atoms with van der Waals surface area (Å²) in [4.78, 5) is 43.1. The van der Waals surface area contributed by atoms with E-state index in [2.05, 4.69) is 20.2 Å². The van der Waals surface area contributed by atoms with Crippen LogP contribution in [0.3, 0.4) is 0 Å². The average Bonchev–Trinajstić information content (AvgIpc) is 3.47. The number of piperazine rings is 1. The number of nitrogens with one attached hydrogen (secondary N) is 1. The van der Waals surface area contributed by atoms with Crippen LogP contribution in [0.2, 0.25) is 0 Å². The van der Waals surface area contributed by atoms with E-state index >= 15 is 0 Å². The van der Waals surface area contributed by atoms with Crippen LogP contribution in [0.1, 0.15) is 30.6 Å². The number of anilines is 1. The molecule has 1 N–H and O–H groups in total. The molecule has 12 nitrogen and oxygen atoms in total. The van der Waals surface area contributed by atoms with Gasteiger partial charge in [-0.2, -0.15) is 4.98 Å². The Morgan fingerprint density at radius 3 is 2.59 bits per heavy atom. The molecule has 1 saturated heterocycles. The highest BCUT2D eigenvalue weighted by molar-refractivity contribution is 5.80. The number of nitrogens with zero attached hydrogens (tertiary/aromatic N) is 6. The Balaban J connectivity index is 1.55. The lowest BCUT2D eigenvalue weighted by molar-refractivity contribution is -0.136. The van der Waals surface area contributed by atoms with E-state index in [0.717, 1.165) is 11.3 Å². The van der Waals surface area contributed by atoms with Gasteiger partial charge >= 0.3 is 0 Å². The molecule has 4 rings (SSSR count). The number of ether oxygens (including phenoxy) is 3. The lowest BCUT2D eigenvalue weighted by Crippen LogP contribution is -2.57. The van der Waals surface area contributed by atoms with E-state index in [4.69, 9.17) is 19.2 Å². The van der Waals surface area contributed by atoms with Crippen molar-refractivity contribution >= 4 is 17.6 Å². The first-order valence-corrected chi connectivity index (χ1v) is 12.7. The molecule has 0 spiro atoms. The molecule has 3 heterocycles. The van der Waals surface area contributed by atoms with E-state index in [-0.39, 0.29) is 36.9 Å². The zero-order valence-corrected chi connectivity index (χ0v) is 23.0. The summed E-state index contributed by atoms with van der Waals surface area (Å²) in [6.45, 7) is 5.18. The number of rotatable bonds is 10. The molecule has 1 aliphatic heterocycles. The summed E-state index contributed by atoms with van der Waals surface area (Å²) in [6.07, 6.45) is 5.25. The molecule has 2 unspecified atom stereocenters. The maximum atomic E-state index is 13.3. The van der Waals surface area contributed by atoms with Crippen molar-refractivity contribution in [2.45, 2.75) is 32.4 Å². The van der Waals surface area contributed by atoms with Crippen LogP contribution in [0.5, 0.6) is 11.5 Å². The summed E-state index contributed by atoms with van der Waals surface area (Å²) < 4.78 is 17.5. The monoisotopic (exact) mass is 537 g/mol. The number of benzene rings is 1. The standard InChI is InChI=1S/C27H35N7O5/c1-18-12-24(31-27(29-18)33-9-8-28-17-33)34-11-10-32(26(36)16-37-3)15-21(34)14-25(35)30-19(2)20-6-7-22(38-4)23(13-20)39-5/h6-9,12-13,17,19,21H,10-11,14-16H2,1-5H3,(H,30,35). The molecule has 2 amide bonds. The van der Waals surface area contributed by atoms with Crippen molar-refractivity contribution in [1.29, 1.82) is 0 Å². The summed E-state index contributed by atoms with van der Waals surface area (Å²) in [5, 5.41) is 3.08. The first kappa shape index (κ1) is 27.8. The van der Waals surface area contributed by atoms with Gasteiger partial charge in [0.25, 0.3) is 0 Å². The van der Waals surface area contributed by atoms with Crippen LogP contribution in [-0.2, 0) is 14.3 Å². The highest BCUT2D eigenvalue weighted by atomic mass is 16.5. The fourth-order valence-corrected chi connectivity index (χ4v) is 4.67. The molecule has 0 saturated carbocycles. The molecule has 12 heteroatoms. The van der Waals surface area contributed by atoms with Crippen LogP contribution in [0.25, 0.3) is 5.95 Å². The molecule has 1 aromatic carbocycles. The van der Waals surface area contributed by atoms with Gasteiger partial charge in [0, 0.05) is 57.3 Å². The number of imidazole rings is 1. The van der Waals surface area contributed by atoms with Gasteiger partial charge in [0.15, 0.2) is 11.5 Å². The average molecular weight is 538 g/mol. The lowest BCUT2D eigenvalue weighted by Gasteiger charge is -2.42. The van der Waals surface area contributed by atoms with E-state index < -0.39 is 0 Å².